The van der Waals surface area contributed by atoms with E-state index < -0.39 is 0 Å². The van der Waals surface area contributed by atoms with Gasteiger partial charge in [-0.1, -0.05) is 19.9 Å². The number of carbonyl (C=O) groups is 1. The monoisotopic (exact) mass is 269 g/mol. The second kappa shape index (κ2) is 7.65. The van der Waals surface area contributed by atoms with Gasteiger partial charge in [0.2, 0.25) is 0 Å². The number of methoxy groups -OCH3 is 1. The molecule has 4 nitrogen and oxygen atoms in total. The van der Waals surface area contributed by atoms with E-state index in [1.807, 2.05) is 6.08 Å². The average Bonchev–Trinajstić information content (AvgIpc) is 2.46. The van der Waals surface area contributed by atoms with Gasteiger partial charge in [-0.25, -0.2) is 4.79 Å². The van der Waals surface area contributed by atoms with Crippen LogP contribution in [0.25, 0.3) is 0 Å². The third-order valence-electron chi connectivity index (χ3n) is 4.10. The summed E-state index contributed by atoms with van der Waals surface area (Å²) in [6, 6.07) is 0.468. The van der Waals surface area contributed by atoms with Crippen molar-refractivity contribution in [3.63, 3.8) is 0 Å². The van der Waals surface area contributed by atoms with Crippen LogP contribution in [0, 0.1) is 0 Å². The van der Waals surface area contributed by atoms with E-state index in [-0.39, 0.29) is 11.6 Å². The van der Waals surface area contributed by atoms with Crippen LogP contribution in [0.5, 0.6) is 0 Å². The van der Waals surface area contributed by atoms with Gasteiger partial charge in [0.1, 0.15) is 0 Å². The van der Waals surface area contributed by atoms with Crippen LogP contribution in [0.4, 0.5) is 0 Å². The van der Waals surface area contributed by atoms with Crippen LogP contribution in [-0.4, -0.2) is 37.9 Å². The van der Waals surface area contributed by atoms with Gasteiger partial charge in [0.05, 0.1) is 12.7 Å². The van der Waals surface area contributed by atoms with E-state index in [0.717, 1.165) is 32.3 Å². The van der Waals surface area contributed by atoms with Gasteiger partial charge < -0.3 is 14.8 Å². The number of hydrogen-bond donors (Lipinski definition) is 1. The molecule has 1 N–H and O–H groups in total. The minimum Gasteiger partial charge on any atom is -0.466 e. The summed E-state index contributed by atoms with van der Waals surface area (Å²) in [6.45, 7) is 7.68. The average molecular weight is 269 g/mol. The summed E-state index contributed by atoms with van der Waals surface area (Å²) < 4.78 is 10.6. The van der Waals surface area contributed by atoms with Gasteiger partial charge in [-0.15, -0.1) is 0 Å². The first kappa shape index (κ1) is 16.2. The Morgan fingerprint density at radius 1 is 1.47 bits per heavy atom. The zero-order chi connectivity index (χ0) is 14.3. The Kier molecular flexibility index (Phi) is 6.52. The number of rotatable bonds is 6. The van der Waals surface area contributed by atoms with Crippen molar-refractivity contribution in [1.82, 2.24) is 5.32 Å². The molecule has 1 aliphatic rings. The van der Waals surface area contributed by atoms with E-state index in [4.69, 9.17) is 4.74 Å². The van der Waals surface area contributed by atoms with E-state index in [9.17, 15) is 4.79 Å². The highest BCUT2D eigenvalue weighted by Crippen LogP contribution is 2.31. The molecule has 0 spiro atoms. The first-order chi connectivity index (χ1) is 9.06. The Labute approximate surface area is 116 Å². The van der Waals surface area contributed by atoms with Crippen LogP contribution in [0.3, 0.4) is 0 Å². The largest absolute Gasteiger partial charge is 0.466 e. The van der Waals surface area contributed by atoms with Gasteiger partial charge in [-0.05, 0) is 32.6 Å². The van der Waals surface area contributed by atoms with Crippen LogP contribution < -0.4 is 5.32 Å². The van der Waals surface area contributed by atoms with Gasteiger partial charge >= 0.3 is 5.97 Å². The summed E-state index contributed by atoms with van der Waals surface area (Å²) in [6.07, 6.45) is 6.08. The van der Waals surface area contributed by atoms with Gasteiger partial charge in [-0.2, -0.15) is 0 Å². The molecule has 0 radical (unpaired) electrons. The smallest absolute Gasteiger partial charge is 0.333 e. The van der Waals surface area contributed by atoms with Crippen molar-refractivity contribution in [2.75, 3.05) is 20.3 Å². The summed E-state index contributed by atoms with van der Waals surface area (Å²) >= 11 is 0. The molecule has 1 atom stereocenters. The quantitative estimate of drug-likeness (QED) is 0.594. The van der Waals surface area contributed by atoms with E-state index in [2.05, 4.69) is 23.9 Å². The molecular weight excluding hydrogens is 242 g/mol. The van der Waals surface area contributed by atoms with Crippen molar-refractivity contribution in [3.8, 4) is 0 Å². The van der Waals surface area contributed by atoms with Crippen LogP contribution in [0.1, 0.15) is 46.5 Å². The lowest BCUT2D eigenvalue weighted by Crippen LogP contribution is -2.46. The molecule has 1 unspecified atom stereocenters. The topological polar surface area (TPSA) is 47.6 Å². The Balaban J connectivity index is 2.43. The van der Waals surface area contributed by atoms with Crippen molar-refractivity contribution in [1.29, 1.82) is 0 Å². The molecule has 0 saturated carbocycles. The minimum absolute atomic E-state index is 0.0387. The first-order valence-electron chi connectivity index (χ1n) is 7.19. The molecule has 0 amide bonds. The maximum absolute atomic E-state index is 11.3. The van der Waals surface area contributed by atoms with Gasteiger partial charge in [0.25, 0.3) is 0 Å². The van der Waals surface area contributed by atoms with Crippen LogP contribution in [-0.2, 0) is 14.3 Å². The molecule has 4 heteroatoms. The van der Waals surface area contributed by atoms with Crippen LogP contribution >= 0.6 is 0 Å². The Hall–Kier alpha value is -0.870. The van der Waals surface area contributed by atoms with E-state index in [1.165, 1.54) is 7.11 Å². The van der Waals surface area contributed by atoms with Crippen molar-refractivity contribution in [2.45, 2.75) is 58.1 Å². The molecule has 110 valence electrons. The fourth-order valence-corrected chi connectivity index (χ4v) is 2.57. The van der Waals surface area contributed by atoms with Gasteiger partial charge in [-0.3, -0.25) is 0 Å². The molecular formula is C15H27NO3. The molecule has 19 heavy (non-hydrogen) atoms. The molecule has 0 bridgehead atoms. The number of hydrogen-bond acceptors (Lipinski definition) is 4. The third kappa shape index (κ3) is 4.62. The molecule has 0 aliphatic carbocycles. The number of esters is 1. The molecule has 0 aromatic rings. The molecule has 1 aliphatic heterocycles. The van der Waals surface area contributed by atoms with E-state index >= 15 is 0 Å². The predicted octanol–water partition coefficient (Wildman–Crippen LogP) is 2.43. The highest BCUT2D eigenvalue weighted by atomic mass is 16.5. The van der Waals surface area contributed by atoms with Crippen LogP contribution in [0.2, 0.25) is 0 Å². The lowest BCUT2D eigenvalue weighted by molar-refractivity contribution is -0.136. The molecule has 1 saturated heterocycles. The van der Waals surface area contributed by atoms with Crippen molar-refractivity contribution in [2.24, 2.45) is 0 Å². The second-order valence-electron chi connectivity index (χ2n) is 5.22. The Bertz CT molecular complexity index is 321. The number of ether oxygens (including phenoxy) is 2. The summed E-state index contributed by atoms with van der Waals surface area (Å²) in [5, 5.41) is 3.49. The van der Waals surface area contributed by atoms with Crippen molar-refractivity contribution >= 4 is 5.97 Å². The third-order valence-corrected chi connectivity index (χ3v) is 4.10. The summed E-state index contributed by atoms with van der Waals surface area (Å²) in [5.41, 5.74) is 0.691. The normalized spacial score (nSPS) is 23.2. The van der Waals surface area contributed by atoms with E-state index in [1.54, 1.807) is 6.92 Å². The number of carbonyl (C=O) groups excluding carboxylic acids is 1. The molecule has 1 fully saturated rings. The standard InChI is InChI=1S/C15H27NO3/c1-5-15(6-2)11-13(8-10-19-15)16-9-7-12(3)14(17)18-4/h7,13,16H,5-6,8-11H2,1-4H3/b12-7-. The van der Waals surface area contributed by atoms with Crippen molar-refractivity contribution < 1.29 is 14.3 Å². The lowest BCUT2D eigenvalue weighted by Gasteiger charge is -2.40. The van der Waals surface area contributed by atoms with Gasteiger partial charge in [0, 0.05) is 24.8 Å². The molecule has 0 aromatic heterocycles. The Morgan fingerprint density at radius 2 is 2.16 bits per heavy atom. The fraction of sp³-hybridized carbons (Fsp3) is 0.800. The maximum atomic E-state index is 11.3. The van der Waals surface area contributed by atoms with Crippen LogP contribution in [0.15, 0.2) is 11.6 Å². The minimum atomic E-state index is -0.259. The first-order valence-corrected chi connectivity index (χ1v) is 7.19. The zero-order valence-electron chi connectivity index (χ0n) is 12.6. The number of nitrogens with one attached hydrogen (secondary N) is 1. The zero-order valence-corrected chi connectivity index (χ0v) is 12.6. The summed E-state index contributed by atoms with van der Waals surface area (Å²) in [5.74, 6) is -0.259. The summed E-state index contributed by atoms with van der Waals surface area (Å²) in [4.78, 5) is 11.3. The lowest BCUT2D eigenvalue weighted by atomic mass is 9.86. The predicted molar refractivity (Wildman–Crippen MR) is 76.1 cm³/mol. The Morgan fingerprint density at radius 3 is 2.74 bits per heavy atom. The molecule has 1 heterocycles. The highest BCUT2D eigenvalue weighted by molar-refractivity contribution is 5.87. The summed E-state index contributed by atoms with van der Waals surface area (Å²) in [7, 11) is 1.41. The maximum Gasteiger partial charge on any atom is 0.333 e. The van der Waals surface area contributed by atoms with E-state index in [0.29, 0.717) is 18.2 Å². The molecule has 0 aromatic carbocycles. The molecule has 1 rings (SSSR count). The SMILES string of the molecule is CCC1(CC)CC(NC/C=C(/C)C(=O)OC)CCO1. The van der Waals surface area contributed by atoms with Gasteiger partial charge in [0.15, 0.2) is 0 Å². The highest BCUT2D eigenvalue weighted by Gasteiger charge is 2.33. The fourth-order valence-electron chi connectivity index (χ4n) is 2.57. The van der Waals surface area contributed by atoms with Crippen molar-refractivity contribution in [3.05, 3.63) is 11.6 Å². The second-order valence-corrected chi connectivity index (χ2v) is 5.22.